The average Bonchev–Trinajstić information content (AvgIpc) is 2.86. The number of aromatic nitrogens is 2. The molecule has 3 heterocycles. The Kier molecular flexibility index (Phi) is 2.25. The smallest absolute Gasteiger partial charge is 0.126 e. The molecule has 0 radical (unpaired) electrons. The van der Waals surface area contributed by atoms with Crippen molar-refractivity contribution in [2.24, 2.45) is 5.73 Å². The van der Waals surface area contributed by atoms with E-state index >= 15 is 0 Å². The second-order valence-corrected chi connectivity index (χ2v) is 4.62. The van der Waals surface area contributed by atoms with Crippen molar-refractivity contribution in [3.05, 3.63) is 17.7 Å². The van der Waals surface area contributed by atoms with Gasteiger partial charge in [0.25, 0.3) is 0 Å². The maximum atomic E-state index is 6.05. The number of aryl methyl sites for hydroxylation is 1. The first-order valence-electron chi connectivity index (χ1n) is 5.90. The zero-order valence-electron chi connectivity index (χ0n) is 8.95. The summed E-state index contributed by atoms with van der Waals surface area (Å²) in [5.41, 5.74) is 7.25. The zero-order chi connectivity index (χ0) is 10.3. The van der Waals surface area contributed by atoms with Crippen LogP contribution in [0.5, 0.6) is 0 Å². The number of hydrogen-bond acceptors (Lipinski definition) is 3. The fourth-order valence-corrected chi connectivity index (χ4v) is 2.64. The summed E-state index contributed by atoms with van der Waals surface area (Å²) in [4.78, 5) is 4.69. The summed E-state index contributed by atoms with van der Waals surface area (Å²) in [6.45, 7) is 2.21. The van der Waals surface area contributed by atoms with Gasteiger partial charge < -0.3 is 15.6 Å². The number of imidazole rings is 1. The molecule has 1 saturated heterocycles. The van der Waals surface area contributed by atoms with Crippen molar-refractivity contribution >= 4 is 0 Å². The highest BCUT2D eigenvalue weighted by Crippen LogP contribution is 2.27. The monoisotopic (exact) mass is 206 g/mol. The number of rotatable bonds is 1. The predicted molar refractivity (Wildman–Crippen MR) is 58.4 cm³/mol. The van der Waals surface area contributed by atoms with E-state index in [4.69, 9.17) is 5.73 Å². The minimum absolute atomic E-state index is 0.147. The third-order valence-electron chi connectivity index (χ3n) is 3.49. The summed E-state index contributed by atoms with van der Waals surface area (Å²) in [5.74, 6) is 1.09. The zero-order valence-corrected chi connectivity index (χ0v) is 8.95. The predicted octanol–water partition coefficient (Wildman–Crippen LogP) is 1.10. The van der Waals surface area contributed by atoms with Crippen molar-refractivity contribution in [2.45, 2.75) is 44.3 Å². The van der Waals surface area contributed by atoms with Crippen molar-refractivity contribution < 1.29 is 0 Å². The molecule has 82 valence electrons. The quantitative estimate of drug-likeness (QED) is 0.723. The van der Waals surface area contributed by atoms with Gasteiger partial charge in [-0.15, -0.1) is 0 Å². The molecule has 2 aliphatic heterocycles. The van der Waals surface area contributed by atoms with Gasteiger partial charge in [0.1, 0.15) is 5.82 Å². The molecule has 1 fully saturated rings. The molecule has 0 spiro atoms. The van der Waals surface area contributed by atoms with Crippen LogP contribution >= 0.6 is 0 Å². The van der Waals surface area contributed by atoms with Gasteiger partial charge in [0.05, 0.1) is 17.8 Å². The molecule has 2 aliphatic rings. The number of nitrogens with one attached hydrogen (secondary N) is 1. The van der Waals surface area contributed by atoms with Crippen LogP contribution in [0, 0.1) is 0 Å². The molecule has 0 aliphatic carbocycles. The van der Waals surface area contributed by atoms with E-state index < -0.39 is 0 Å². The van der Waals surface area contributed by atoms with Crippen LogP contribution < -0.4 is 11.1 Å². The van der Waals surface area contributed by atoms with Gasteiger partial charge in [-0.2, -0.15) is 0 Å². The molecule has 3 rings (SSSR count). The third kappa shape index (κ3) is 1.58. The van der Waals surface area contributed by atoms with Gasteiger partial charge in [0.15, 0.2) is 0 Å². The van der Waals surface area contributed by atoms with Crippen LogP contribution in [0.2, 0.25) is 0 Å². The molecule has 0 amide bonds. The van der Waals surface area contributed by atoms with Crippen molar-refractivity contribution in [1.29, 1.82) is 0 Å². The molecule has 0 aromatic carbocycles. The van der Waals surface area contributed by atoms with Crippen LogP contribution in [0.3, 0.4) is 0 Å². The number of nitrogens with zero attached hydrogens (tertiary/aromatic N) is 2. The summed E-state index contributed by atoms with van der Waals surface area (Å²) >= 11 is 0. The minimum atomic E-state index is 0.147. The highest BCUT2D eigenvalue weighted by molar-refractivity contribution is 5.13. The van der Waals surface area contributed by atoms with Crippen LogP contribution in [0.25, 0.3) is 0 Å². The van der Waals surface area contributed by atoms with E-state index in [9.17, 15) is 0 Å². The summed E-state index contributed by atoms with van der Waals surface area (Å²) in [6.07, 6.45) is 6.93. The number of fused-ring (bicyclic) bond motifs is 1. The molecule has 3 N–H and O–H groups in total. The van der Waals surface area contributed by atoms with Gasteiger partial charge in [-0.1, -0.05) is 0 Å². The van der Waals surface area contributed by atoms with E-state index in [1.54, 1.807) is 0 Å². The Morgan fingerprint density at radius 1 is 1.40 bits per heavy atom. The fourth-order valence-electron chi connectivity index (χ4n) is 2.64. The third-order valence-corrected chi connectivity index (χ3v) is 3.49. The van der Waals surface area contributed by atoms with Crippen molar-refractivity contribution in [2.75, 3.05) is 6.54 Å². The molecular formula is C11H18N4. The van der Waals surface area contributed by atoms with Crippen LogP contribution in [0.1, 0.15) is 49.3 Å². The van der Waals surface area contributed by atoms with Crippen molar-refractivity contribution in [3.8, 4) is 0 Å². The summed E-state index contributed by atoms with van der Waals surface area (Å²) < 4.78 is 2.24. The maximum absolute atomic E-state index is 6.05. The number of hydrogen-bond donors (Lipinski definition) is 2. The largest absolute Gasteiger partial charge is 0.333 e. The number of nitrogens with two attached hydrogens (primary N) is 1. The van der Waals surface area contributed by atoms with E-state index in [2.05, 4.69) is 21.1 Å². The standard InChI is InChI=1S/C11H18N4/c12-8-3-2-6-15-7-10(14-11(8)15)9-4-1-5-13-9/h7-9,13H,1-6,12H2. The lowest BCUT2D eigenvalue weighted by atomic mass is 10.1. The minimum Gasteiger partial charge on any atom is -0.333 e. The Morgan fingerprint density at radius 3 is 3.07 bits per heavy atom. The highest BCUT2D eigenvalue weighted by Gasteiger charge is 2.24. The first-order chi connectivity index (χ1) is 7.34. The lowest BCUT2D eigenvalue weighted by Crippen LogP contribution is -2.21. The van der Waals surface area contributed by atoms with Crippen LogP contribution in [-0.4, -0.2) is 16.1 Å². The van der Waals surface area contributed by atoms with Gasteiger partial charge in [-0.25, -0.2) is 4.98 Å². The molecule has 1 aromatic heterocycles. The maximum Gasteiger partial charge on any atom is 0.126 e. The van der Waals surface area contributed by atoms with E-state index in [1.807, 2.05) is 0 Å². The van der Waals surface area contributed by atoms with Crippen LogP contribution in [0.4, 0.5) is 0 Å². The molecule has 4 heteroatoms. The Hall–Kier alpha value is -0.870. The lowest BCUT2D eigenvalue weighted by Gasteiger charge is -2.19. The topological polar surface area (TPSA) is 55.9 Å². The van der Waals surface area contributed by atoms with Gasteiger partial charge in [0, 0.05) is 12.7 Å². The van der Waals surface area contributed by atoms with Crippen LogP contribution in [-0.2, 0) is 6.54 Å². The van der Waals surface area contributed by atoms with E-state index in [1.165, 1.54) is 25.0 Å². The van der Waals surface area contributed by atoms with Crippen molar-refractivity contribution in [3.63, 3.8) is 0 Å². The van der Waals surface area contributed by atoms with Gasteiger partial charge in [-0.05, 0) is 32.2 Å². The molecule has 0 bridgehead atoms. The Bertz CT molecular complexity index is 351. The molecule has 2 unspecified atom stereocenters. The summed E-state index contributed by atoms with van der Waals surface area (Å²) in [6, 6.07) is 0.615. The normalized spacial score (nSPS) is 30.5. The molecule has 2 atom stereocenters. The average molecular weight is 206 g/mol. The Morgan fingerprint density at radius 2 is 2.33 bits per heavy atom. The van der Waals surface area contributed by atoms with E-state index in [0.717, 1.165) is 25.3 Å². The SMILES string of the molecule is NC1CCCn2cc(C3CCCN3)nc21. The first kappa shape index (κ1) is 9.36. The molecule has 0 saturated carbocycles. The molecule has 4 nitrogen and oxygen atoms in total. The molecule has 15 heavy (non-hydrogen) atoms. The fraction of sp³-hybridized carbons (Fsp3) is 0.727. The Labute approximate surface area is 89.9 Å². The van der Waals surface area contributed by atoms with E-state index in [-0.39, 0.29) is 6.04 Å². The van der Waals surface area contributed by atoms with E-state index in [0.29, 0.717) is 6.04 Å². The molecular weight excluding hydrogens is 188 g/mol. The first-order valence-corrected chi connectivity index (χ1v) is 5.90. The molecule has 1 aromatic rings. The lowest BCUT2D eigenvalue weighted by molar-refractivity contribution is 0.451. The summed E-state index contributed by atoms with van der Waals surface area (Å²) in [5, 5.41) is 3.48. The van der Waals surface area contributed by atoms with Crippen molar-refractivity contribution in [1.82, 2.24) is 14.9 Å². The van der Waals surface area contributed by atoms with Gasteiger partial charge in [0.2, 0.25) is 0 Å². The highest BCUT2D eigenvalue weighted by atomic mass is 15.1. The van der Waals surface area contributed by atoms with Crippen LogP contribution in [0.15, 0.2) is 6.20 Å². The second-order valence-electron chi connectivity index (χ2n) is 4.62. The summed E-state index contributed by atoms with van der Waals surface area (Å²) in [7, 11) is 0. The Balaban J connectivity index is 1.90. The van der Waals surface area contributed by atoms with Gasteiger partial charge in [-0.3, -0.25) is 0 Å². The van der Waals surface area contributed by atoms with Gasteiger partial charge >= 0.3 is 0 Å². The second kappa shape index (κ2) is 3.61.